The van der Waals surface area contributed by atoms with Crippen LogP contribution in [0.5, 0.6) is 0 Å². The molecule has 1 aliphatic rings. The zero-order valence-corrected chi connectivity index (χ0v) is 12.9. The maximum Gasteiger partial charge on any atom is 0.419 e. The molecule has 2 aromatic rings. The molecule has 1 saturated carbocycles. The summed E-state index contributed by atoms with van der Waals surface area (Å²) in [5.74, 6) is 0.438. The molecule has 0 spiro atoms. The van der Waals surface area contributed by atoms with Crippen molar-refractivity contribution in [1.29, 1.82) is 0 Å². The maximum atomic E-state index is 11.8. The highest BCUT2D eigenvalue weighted by atomic mass is 16.4. The van der Waals surface area contributed by atoms with Gasteiger partial charge in [-0.1, -0.05) is 25.8 Å². The van der Waals surface area contributed by atoms with E-state index >= 15 is 0 Å². The second-order valence-corrected chi connectivity index (χ2v) is 5.92. The van der Waals surface area contributed by atoms with Gasteiger partial charge in [0.15, 0.2) is 5.58 Å². The molecular weight excluding hydrogens is 264 g/mol. The average Bonchev–Trinajstić information content (AvgIpc) is 3.10. The van der Waals surface area contributed by atoms with Crippen molar-refractivity contribution in [3.05, 3.63) is 34.3 Å². The lowest BCUT2D eigenvalue weighted by molar-refractivity contribution is 0.374. The summed E-state index contributed by atoms with van der Waals surface area (Å²) in [5.41, 5.74) is 2.85. The number of fused-ring (bicyclic) bond motifs is 1. The van der Waals surface area contributed by atoms with Crippen molar-refractivity contribution in [3.8, 4) is 0 Å². The topological polar surface area (TPSA) is 47.2 Å². The van der Waals surface area contributed by atoms with Gasteiger partial charge in [-0.05, 0) is 49.9 Å². The first-order chi connectivity index (χ1) is 10.2. The van der Waals surface area contributed by atoms with E-state index in [-0.39, 0.29) is 5.76 Å². The molecule has 1 heterocycles. The predicted molar refractivity (Wildman–Crippen MR) is 84.5 cm³/mol. The van der Waals surface area contributed by atoms with E-state index in [0.717, 1.165) is 12.1 Å². The number of oxazole rings is 1. The third-order valence-corrected chi connectivity index (χ3v) is 4.66. The van der Waals surface area contributed by atoms with Crippen molar-refractivity contribution in [2.24, 2.45) is 5.92 Å². The van der Waals surface area contributed by atoms with Crippen molar-refractivity contribution in [2.45, 2.75) is 52.1 Å². The van der Waals surface area contributed by atoms with Gasteiger partial charge in [0, 0.05) is 12.6 Å². The molecule has 0 bridgehead atoms. The molecular formula is C17H24N2O2. The van der Waals surface area contributed by atoms with Gasteiger partial charge in [0.05, 0.1) is 5.52 Å². The highest BCUT2D eigenvalue weighted by Gasteiger charge is 2.26. The molecule has 4 heteroatoms. The highest BCUT2D eigenvalue weighted by molar-refractivity contribution is 5.74. The normalized spacial score (nSPS) is 17.6. The number of nitrogens with zero attached hydrogens (tertiary/aromatic N) is 1. The maximum absolute atomic E-state index is 11.8. The minimum atomic E-state index is -0.259. The van der Waals surface area contributed by atoms with Crippen molar-refractivity contribution >= 4 is 11.1 Å². The Balaban J connectivity index is 1.99. The molecule has 1 aliphatic carbocycles. The SMILES string of the molecule is CCNC(c1ccc2c(c1)oc(=O)n2CC)C1CCCC1. The molecule has 0 amide bonds. The van der Waals surface area contributed by atoms with E-state index in [0.29, 0.717) is 24.1 Å². The van der Waals surface area contributed by atoms with Gasteiger partial charge in [0.1, 0.15) is 0 Å². The number of rotatable bonds is 5. The quantitative estimate of drug-likeness (QED) is 0.916. The molecule has 4 nitrogen and oxygen atoms in total. The van der Waals surface area contributed by atoms with Crippen molar-refractivity contribution in [3.63, 3.8) is 0 Å². The van der Waals surface area contributed by atoms with E-state index in [1.54, 1.807) is 4.57 Å². The minimum absolute atomic E-state index is 0.259. The van der Waals surface area contributed by atoms with E-state index < -0.39 is 0 Å². The summed E-state index contributed by atoms with van der Waals surface area (Å²) in [6.07, 6.45) is 5.23. The van der Waals surface area contributed by atoms with Gasteiger partial charge in [-0.25, -0.2) is 4.79 Å². The van der Waals surface area contributed by atoms with Crippen LogP contribution < -0.4 is 11.1 Å². The van der Waals surface area contributed by atoms with Crippen LogP contribution in [0.1, 0.15) is 51.1 Å². The lowest BCUT2D eigenvalue weighted by Gasteiger charge is -2.24. The van der Waals surface area contributed by atoms with Crippen molar-refractivity contribution in [1.82, 2.24) is 9.88 Å². The zero-order valence-electron chi connectivity index (χ0n) is 12.9. The van der Waals surface area contributed by atoms with Gasteiger partial charge in [-0.15, -0.1) is 0 Å². The van der Waals surface area contributed by atoms with Crippen LogP contribution in [0.15, 0.2) is 27.4 Å². The van der Waals surface area contributed by atoms with Gasteiger partial charge in [0.2, 0.25) is 0 Å². The Kier molecular flexibility index (Phi) is 4.15. The summed E-state index contributed by atoms with van der Waals surface area (Å²) in [6.45, 7) is 5.71. The molecule has 1 atom stereocenters. The predicted octanol–water partition coefficient (Wildman–Crippen LogP) is 3.46. The highest BCUT2D eigenvalue weighted by Crippen LogP contribution is 2.36. The molecule has 0 saturated heterocycles. The minimum Gasteiger partial charge on any atom is -0.408 e. The molecule has 1 unspecified atom stereocenters. The molecule has 114 valence electrons. The third kappa shape index (κ3) is 2.64. The lowest BCUT2D eigenvalue weighted by atomic mass is 9.91. The fourth-order valence-electron chi connectivity index (χ4n) is 3.64. The van der Waals surface area contributed by atoms with Gasteiger partial charge < -0.3 is 9.73 Å². The van der Waals surface area contributed by atoms with Crippen molar-refractivity contribution in [2.75, 3.05) is 6.54 Å². The molecule has 0 aliphatic heterocycles. The summed E-state index contributed by atoms with van der Waals surface area (Å²) in [5, 5.41) is 3.61. The lowest BCUT2D eigenvalue weighted by Crippen LogP contribution is -2.26. The molecule has 0 radical (unpaired) electrons. The summed E-state index contributed by atoms with van der Waals surface area (Å²) < 4.78 is 7.08. The standard InChI is InChI=1S/C17H24N2O2/c1-3-18-16(12-7-5-6-8-12)13-9-10-14-15(11-13)21-17(20)19(14)4-2/h9-12,16,18H,3-8H2,1-2H3. The van der Waals surface area contributed by atoms with Crippen LogP contribution in [0.3, 0.4) is 0 Å². The smallest absolute Gasteiger partial charge is 0.408 e. The zero-order chi connectivity index (χ0) is 14.8. The molecule has 21 heavy (non-hydrogen) atoms. The van der Waals surface area contributed by atoms with E-state index in [1.807, 2.05) is 13.0 Å². The number of nitrogens with one attached hydrogen (secondary N) is 1. The summed E-state index contributed by atoms with van der Waals surface area (Å²) in [6, 6.07) is 6.60. The number of hydrogen-bond donors (Lipinski definition) is 1. The second-order valence-electron chi connectivity index (χ2n) is 5.92. The molecule has 1 N–H and O–H groups in total. The summed E-state index contributed by atoms with van der Waals surface area (Å²) in [4.78, 5) is 11.8. The first-order valence-corrected chi connectivity index (χ1v) is 8.11. The Bertz CT molecular complexity index is 665. The van der Waals surface area contributed by atoms with Gasteiger partial charge in [-0.3, -0.25) is 4.57 Å². The van der Waals surface area contributed by atoms with E-state index in [4.69, 9.17) is 4.42 Å². The van der Waals surface area contributed by atoms with Crippen molar-refractivity contribution < 1.29 is 4.42 Å². The van der Waals surface area contributed by atoms with Crippen LogP contribution in [0.2, 0.25) is 0 Å². The van der Waals surface area contributed by atoms with Crippen LogP contribution in [-0.2, 0) is 6.54 Å². The first kappa shape index (κ1) is 14.4. The number of benzene rings is 1. The Morgan fingerprint density at radius 2 is 2.10 bits per heavy atom. The average molecular weight is 288 g/mol. The first-order valence-electron chi connectivity index (χ1n) is 8.11. The molecule has 1 aromatic heterocycles. The monoisotopic (exact) mass is 288 g/mol. The fourth-order valence-corrected chi connectivity index (χ4v) is 3.64. The number of aromatic nitrogens is 1. The van der Waals surface area contributed by atoms with Crippen LogP contribution in [0.25, 0.3) is 11.1 Å². The molecule has 1 aromatic carbocycles. The van der Waals surface area contributed by atoms with Crippen LogP contribution in [0.4, 0.5) is 0 Å². The molecule has 3 rings (SSSR count). The Labute approximate surface area is 125 Å². The van der Waals surface area contributed by atoms with Crippen LogP contribution >= 0.6 is 0 Å². The van der Waals surface area contributed by atoms with Gasteiger partial charge in [-0.2, -0.15) is 0 Å². The number of hydrogen-bond acceptors (Lipinski definition) is 3. The Morgan fingerprint density at radius 1 is 1.33 bits per heavy atom. The van der Waals surface area contributed by atoms with Gasteiger partial charge >= 0.3 is 5.76 Å². The van der Waals surface area contributed by atoms with E-state index in [9.17, 15) is 4.79 Å². The second kappa shape index (κ2) is 6.06. The van der Waals surface area contributed by atoms with Gasteiger partial charge in [0.25, 0.3) is 0 Å². The summed E-state index contributed by atoms with van der Waals surface area (Å²) in [7, 11) is 0. The molecule has 1 fully saturated rings. The van der Waals surface area contributed by atoms with E-state index in [1.165, 1.54) is 31.2 Å². The fraction of sp³-hybridized carbons (Fsp3) is 0.588. The number of aryl methyl sites for hydroxylation is 1. The van der Waals surface area contributed by atoms with E-state index in [2.05, 4.69) is 24.4 Å². The Hall–Kier alpha value is -1.55. The largest absolute Gasteiger partial charge is 0.419 e. The third-order valence-electron chi connectivity index (χ3n) is 4.66. The summed E-state index contributed by atoms with van der Waals surface area (Å²) >= 11 is 0. The van der Waals surface area contributed by atoms with Crippen LogP contribution in [-0.4, -0.2) is 11.1 Å². The van der Waals surface area contributed by atoms with Crippen LogP contribution in [0, 0.1) is 5.92 Å². The Morgan fingerprint density at radius 3 is 2.76 bits per heavy atom.